The average Bonchev–Trinajstić information content (AvgIpc) is 2.89. The van der Waals surface area contributed by atoms with Gasteiger partial charge in [-0.3, -0.25) is 4.79 Å². The molecule has 1 unspecified atom stereocenters. The zero-order valence-electron chi connectivity index (χ0n) is 11.0. The van der Waals surface area contributed by atoms with Crippen LogP contribution in [0.5, 0.6) is 0 Å². The Morgan fingerprint density at radius 3 is 2.95 bits per heavy atom. The Balaban J connectivity index is 2.22. The SMILES string of the molecule is CCCN(C(=O)c1ccc(Br)cc1Cl)C1CCNC1. The molecule has 0 spiro atoms. The van der Waals surface area contributed by atoms with Crippen LogP contribution in [-0.2, 0) is 0 Å². The van der Waals surface area contributed by atoms with Gasteiger partial charge >= 0.3 is 0 Å². The molecule has 1 atom stereocenters. The van der Waals surface area contributed by atoms with Gasteiger partial charge in [0.2, 0.25) is 0 Å². The highest BCUT2D eigenvalue weighted by molar-refractivity contribution is 9.10. The molecular weight excluding hydrogens is 328 g/mol. The third kappa shape index (κ3) is 3.50. The molecule has 1 amide bonds. The van der Waals surface area contributed by atoms with E-state index >= 15 is 0 Å². The molecule has 0 aliphatic carbocycles. The van der Waals surface area contributed by atoms with Crippen LogP contribution in [0.1, 0.15) is 30.1 Å². The molecule has 0 radical (unpaired) electrons. The summed E-state index contributed by atoms with van der Waals surface area (Å²) < 4.78 is 0.888. The Hall–Kier alpha value is -0.580. The molecule has 19 heavy (non-hydrogen) atoms. The van der Waals surface area contributed by atoms with Crippen LogP contribution in [0.3, 0.4) is 0 Å². The van der Waals surface area contributed by atoms with Crippen LogP contribution in [0.15, 0.2) is 22.7 Å². The molecule has 5 heteroatoms. The Kier molecular flexibility index (Phi) is 5.25. The largest absolute Gasteiger partial charge is 0.334 e. The molecule has 1 aromatic carbocycles. The van der Waals surface area contributed by atoms with Gasteiger partial charge in [-0.15, -0.1) is 0 Å². The van der Waals surface area contributed by atoms with E-state index < -0.39 is 0 Å². The summed E-state index contributed by atoms with van der Waals surface area (Å²) in [6.07, 6.45) is 1.97. The van der Waals surface area contributed by atoms with E-state index in [2.05, 4.69) is 28.2 Å². The average molecular weight is 346 g/mol. The summed E-state index contributed by atoms with van der Waals surface area (Å²) in [4.78, 5) is 14.6. The number of rotatable bonds is 4. The number of amides is 1. The third-order valence-electron chi connectivity index (χ3n) is 3.36. The van der Waals surface area contributed by atoms with Gasteiger partial charge in [0, 0.05) is 23.6 Å². The molecule has 1 aliphatic rings. The van der Waals surface area contributed by atoms with Crippen molar-refractivity contribution in [3.8, 4) is 0 Å². The van der Waals surface area contributed by atoms with Gasteiger partial charge in [0.1, 0.15) is 0 Å². The molecule has 1 fully saturated rings. The van der Waals surface area contributed by atoms with E-state index in [-0.39, 0.29) is 11.9 Å². The summed E-state index contributed by atoms with van der Waals surface area (Å²) in [6, 6.07) is 5.70. The van der Waals surface area contributed by atoms with Gasteiger partial charge < -0.3 is 10.2 Å². The van der Waals surface area contributed by atoms with Gasteiger partial charge in [0.15, 0.2) is 0 Å². The molecule has 104 valence electrons. The Bertz CT molecular complexity index is 461. The van der Waals surface area contributed by atoms with Crippen molar-refractivity contribution in [3.63, 3.8) is 0 Å². The summed E-state index contributed by atoms with van der Waals surface area (Å²) in [5.74, 6) is 0.0352. The van der Waals surface area contributed by atoms with E-state index in [0.717, 1.165) is 36.9 Å². The summed E-state index contributed by atoms with van der Waals surface area (Å²) in [7, 11) is 0. The van der Waals surface area contributed by atoms with E-state index in [0.29, 0.717) is 10.6 Å². The van der Waals surface area contributed by atoms with Crippen LogP contribution in [0, 0.1) is 0 Å². The lowest BCUT2D eigenvalue weighted by Gasteiger charge is -2.28. The van der Waals surface area contributed by atoms with Gasteiger partial charge in [-0.2, -0.15) is 0 Å². The van der Waals surface area contributed by atoms with E-state index in [1.165, 1.54) is 0 Å². The zero-order chi connectivity index (χ0) is 13.8. The molecule has 3 nitrogen and oxygen atoms in total. The van der Waals surface area contributed by atoms with Crippen molar-refractivity contribution in [2.24, 2.45) is 0 Å². The van der Waals surface area contributed by atoms with Gasteiger partial charge in [0.25, 0.3) is 5.91 Å². The third-order valence-corrected chi connectivity index (χ3v) is 4.17. The topological polar surface area (TPSA) is 32.3 Å². The number of nitrogens with zero attached hydrogens (tertiary/aromatic N) is 1. The first-order valence-corrected chi connectivity index (χ1v) is 7.77. The summed E-state index contributed by atoms with van der Waals surface area (Å²) in [5, 5.41) is 3.81. The number of hydrogen-bond acceptors (Lipinski definition) is 2. The fourth-order valence-corrected chi connectivity index (χ4v) is 3.17. The van der Waals surface area contributed by atoms with Crippen LogP contribution in [0.25, 0.3) is 0 Å². The van der Waals surface area contributed by atoms with Crippen molar-refractivity contribution < 1.29 is 4.79 Å². The van der Waals surface area contributed by atoms with Crippen LogP contribution >= 0.6 is 27.5 Å². The second-order valence-corrected chi connectivity index (χ2v) is 6.09. The van der Waals surface area contributed by atoms with E-state index in [1.807, 2.05) is 11.0 Å². The van der Waals surface area contributed by atoms with E-state index in [1.54, 1.807) is 12.1 Å². The van der Waals surface area contributed by atoms with Crippen LogP contribution < -0.4 is 5.32 Å². The molecule has 0 bridgehead atoms. The highest BCUT2D eigenvalue weighted by atomic mass is 79.9. The molecular formula is C14H18BrClN2O. The molecule has 0 saturated carbocycles. The fraction of sp³-hybridized carbons (Fsp3) is 0.500. The lowest BCUT2D eigenvalue weighted by Crippen LogP contribution is -2.42. The molecule has 1 saturated heterocycles. The second-order valence-electron chi connectivity index (χ2n) is 4.77. The molecule has 0 aromatic heterocycles. The summed E-state index contributed by atoms with van der Waals surface area (Å²) in [6.45, 7) is 4.72. The number of carbonyl (C=O) groups is 1. The summed E-state index contributed by atoms with van der Waals surface area (Å²) >= 11 is 9.54. The highest BCUT2D eigenvalue weighted by Gasteiger charge is 2.27. The second kappa shape index (κ2) is 6.73. The van der Waals surface area contributed by atoms with Gasteiger partial charge in [-0.1, -0.05) is 34.5 Å². The van der Waals surface area contributed by atoms with Crippen LogP contribution in [-0.4, -0.2) is 36.5 Å². The minimum Gasteiger partial charge on any atom is -0.334 e. The van der Waals surface area contributed by atoms with Crippen LogP contribution in [0.4, 0.5) is 0 Å². The van der Waals surface area contributed by atoms with Gasteiger partial charge in [-0.05, 0) is 37.6 Å². The minimum atomic E-state index is 0.0352. The highest BCUT2D eigenvalue weighted by Crippen LogP contribution is 2.24. The first kappa shape index (κ1) is 14.8. The Morgan fingerprint density at radius 1 is 1.58 bits per heavy atom. The van der Waals surface area contributed by atoms with Crippen molar-refractivity contribution >= 4 is 33.4 Å². The molecule has 1 aromatic rings. The maximum absolute atomic E-state index is 12.7. The fourth-order valence-electron chi connectivity index (χ4n) is 2.41. The molecule has 2 rings (SSSR count). The van der Waals surface area contributed by atoms with Crippen molar-refractivity contribution in [3.05, 3.63) is 33.3 Å². The van der Waals surface area contributed by atoms with Gasteiger partial charge in [0.05, 0.1) is 10.6 Å². The van der Waals surface area contributed by atoms with Crippen molar-refractivity contribution in [1.29, 1.82) is 0 Å². The molecule has 1 N–H and O–H groups in total. The van der Waals surface area contributed by atoms with Gasteiger partial charge in [-0.25, -0.2) is 0 Å². The monoisotopic (exact) mass is 344 g/mol. The maximum Gasteiger partial charge on any atom is 0.255 e. The molecule has 1 aliphatic heterocycles. The lowest BCUT2D eigenvalue weighted by atomic mass is 10.1. The van der Waals surface area contributed by atoms with Crippen molar-refractivity contribution in [1.82, 2.24) is 10.2 Å². The minimum absolute atomic E-state index is 0.0352. The van der Waals surface area contributed by atoms with E-state index in [9.17, 15) is 4.79 Å². The van der Waals surface area contributed by atoms with Crippen LogP contribution in [0.2, 0.25) is 5.02 Å². The number of nitrogens with one attached hydrogen (secondary N) is 1. The quantitative estimate of drug-likeness (QED) is 0.908. The van der Waals surface area contributed by atoms with Crippen molar-refractivity contribution in [2.45, 2.75) is 25.8 Å². The predicted octanol–water partition coefficient (Wildman–Crippen LogP) is 3.32. The Labute approximate surface area is 127 Å². The van der Waals surface area contributed by atoms with E-state index in [4.69, 9.17) is 11.6 Å². The number of benzene rings is 1. The summed E-state index contributed by atoms with van der Waals surface area (Å²) in [5.41, 5.74) is 0.588. The normalized spacial score (nSPS) is 18.6. The zero-order valence-corrected chi connectivity index (χ0v) is 13.3. The predicted molar refractivity (Wildman–Crippen MR) is 81.8 cm³/mol. The first-order chi connectivity index (χ1) is 9.13. The lowest BCUT2D eigenvalue weighted by molar-refractivity contribution is 0.0692. The number of hydrogen-bond donors (Lipinski definition) is 1. The smallest absolute Gasteiger partial charge is 0.255 e. The van der Waals surface area contributed by atoms with Crippen molar-refractivity contribution in [2.75, 3.05) is 19.6 Å². The maximum atomic E-state index is 12.7. The number of halogens is 2. The Morgan fingerprint density at radius 2 is 2.37 bits per heavy atom. The first-order valence-electron chi connectivity index (χ1n) is 6.60. The number of carbonyl (C=O) groups excluding carboxylic acids is 1. The standard InChI is InChI=1S/C14H18BrClN2O/c1-2-7-18(11-5-6-17-9-11)14(19)12-4-3-10(15)8-13(12)16/h3-4,8,11,17H,2,5-7,9H2,1H3. The molecule has 1 heterocycles.